The monoisotopic (exact) mass is 235 g/mol. The topological polar surface area (TPSA) is 49.9 Å². The van der Waals surface area contributed by atoms with Gasteiger partial charge in [-0.15, -0.1) is 0 Å². The number of imidazole rings is 1. The third-order valence-electron chi connectivity index (χ3n) is 2.55. The summed E-state index contributed by atoms with van der Waals surface area (Å²) in [5, 5.41) is 2.91. The van der Waals surface area contributed by atoms with Gasteiger partial charge in [0.15, 0.2) is 11.6 Å². The maximum atomic E-state index is 13.6. The molecule has 90 valence electrons. The fraction of sp³-hybridized carbons (Fsp3) is 0.250. The van der Waals surface area contributed by atoms with E-state index >= 15 is 0 Å². The van der Waals surface area contributed by atoms with Crippen molar-refractivity contribution in [2.24, 2.45) is 0 Å². The van der Waals surface area contributed by atoms with Crippen molar-refractivity contribution in [2.45, 2.75) is 6.92 Å². The maximum Gasteiger partial charge on any atom is 0.200 e. The number of anilines is 1. The second-order valence-corrected chi connectivity index (χ2v) is 3.66. The highest BCUT2D eigenvalue weighted by Gasteiger charge is 2.11. The normalized spacial score (nSPS) is 10.4. The van der Waals surface area contributed by atoms with E-state index < -0.39 is 5.82 Å². The first-order valence-corrected chi connectivity index (χ1v) is 5.24. The molecule has 2 rings (SSSR count). The molecule has 0 saturated heterocycles. The van der Waals surface area contributed by atoms with Crippen molar-refractivity contribution in [3.05, 3.63) is 29.7 Å². The number of ether oxygens (including phenoxy) is 1. The Bertz CT molecular complexity index is 537. The van der Waals surface area contributed by atoms with Crippen LogP contribution in [0.4, 0.5) is 10.3 Å². The lowest BCUT2D eigenvalue weighted by atomic mass is 10.1. The molecule has 0 saturated carbocycles. The standard InChI is InChI=1S/C12H14FN3O/c1-7-11(16-12(14-2)15-7)8-4-5-10(17-3)9(13)6-8/h4-6H,1-3H3,(H2,14,15,16). The molecular formula is C12H14FN3O. The molecule has 0 radical (unpaired) electrons. The smallest absolute Gasteiger partial charge is 0.200 e. The van der Waals surface area contributed by atoms with E-state index in [0.717, 1.165) is 17.0 Å². The minimum atomic E-state index is -0.390. The molecule has 0 fully saturated rings. The van der Waals surface area contributed by atoms with Crippen molar-refractivity contribution in [2.75, 3.05) is 19.5 Å². The van der Waals surface area contributed by atoms with Crippen LogP contribution in [0, 0.1) is 12.7 Å². The summed E-state index contributed by atoms with van der Waals surface area (Å²) >= 11 is 0. The first-order valence-electron chi connectivity index (χ1n) is 5.24. The highest BCUT2D eigenvalue weighted by Crippen LogP contribution is 2.27. The molecule has 0 aliphatic carbocycles. The van der Waals surface area contributed by atoms with E-state index in [0.29, 0.717) is 5.95 Å². The number of methoxy groups -OCH3 is 1. The molecule has 1 aromatic carbocycles. The van der Waals surface area contributed by atoms with E-state index in [2.05, 4.69) is 15.3 Å². The van der Waals surface area contributed by atoms with Crippen LogP contribution < -0.4 is 10.1 Å². The SMILES string of the molecule is CNc1nc(-c2ccc(OC)c(F)c2)c(C)[nH]1. The molecule has 0 bridgehead atoms. The summed E-state index contributed by atoms with van der Waals surface area (Å²) in [6.45, 7) is 1.89. The number of nitrogens with one attached hydrogen (secondary N) is 2. The number of aromatic nitrogens is 2. The highest BCUT2D eigenvalue weighted by molar-refractivity contribution is 5.64. The lowest BCUT2D eigenvalue weighted by Gasteiger charge is -2.03. The van der Waals surface area contributed by atoms with Crippen LogP contribution in [0.15, 0.2) is 18.2 Å². The Balaban J connectivity index is 2.45. The average Bonchev–Trinajstić information content (AvgIpc) is 2.70. The summed E-state index contributed by atoms with van der Waals surface area (Å²) < 4.78 is 18.5. The molecule has 5 heteroatoms. The Morgan fingerprint density at radius 2 is 2.18 bits per heavy atom. The number of nitrogens with zero attached hydrogens (tertiary/aromatic N) is 1. The molecule has 0 aliphatic heterocycles. The summed E-state index contributed by atoms with van der Waals surface area (Å²) in [5.74, 6) is 0.503. The van der Waals surface area contributed by atoms with Gasteiger partial charge in [0.05, 0.1) is 12.8 Å². The molecule has 0 aliphatic rings. The number of aromatic amines is 1. The Morgan fingerprint density at radius 1 is 1.41 bits per heavy atom. The van der Waals surface area contributed by atoms with Gasteiger partial charge in [0.1, 0.15) is 0 Å². The fourth-order valence-corrected chi connectivity index (χ4v) is 1.67. The molecule has 0 spiro atoms. The van der Waals surface area contributed by atoms with Crippen molar-refractivity contribution < 1.29 is 9.13 Å². The number of aryl methyl sites for hydroxylation is 1. The van der Waals surface area contributed by atoms with Crippen molar-refractivity contribution in [1.82, 2.24) is 9.97 Å². The van der Waals surface area contributed by atoms with Gasteiger partial charge >= 0.3 is 0 Å². The minimum Gasteiger partial charge on any atom is -0.494 e. The van der Waals surface area contributed by atoms with E-state index in [-0.39, 0.29) is 5.75 Å². The summed E-state index contributed by atoms with van der Waals surface area (Å²) in [6.07, 6.45) is 0. The molecule has 0 amide bonds. The third-order valence-corrected chi connectivity index (χ3v) is 2.55. The van der Waals surface area contributed by atoms with Crippen LogP contribution in [0.25, 0.3) is 11.3 Å². The van der Waals surface area contributed by atoms with Gasteiger partial charge in [-0.05, 0) is 25.1 Å². The number of rotatable bonds is 3. The molecule has 4 nitrogen and oxygen atoms in total. The molecule has 2 aromatic rings. The molecule has 17 heavy (non-hydrogen) atoms. The summed E-state index contributed by atoms with van der Waals surface area (Å²) in [4.78, 5) is 7.39. The predicted octanol–water partition coefficient (Wildman–Crippen LogP) is 2.57. The van der Waals surface area contributed by atoms with Crippen molar-refractivity contribution in [1.29, 1.82) is 0 Å². The minimum absolute atomic E-state index is 0.232. The number of hydrogen-bond donors (Lipinski definition) is 2. The maximum absolute atomic E-state index is 13.6. The second kappa shape index (κ2) is 4.45. The van der Waals surface area contributed by atoms with E-state index in [1.807, 2.05) is 6.92 Å². The zero-order valence-electron chi connectivity index (χ0n) is 9.97. The molecule has 0 unspecified atom stereocenters. The first kappa shape index (κ1) is 11.4. The van der Waals surface area contributed by atoms with Gasteiger partial charge in [-0.1, -0.05) is 0 Å². The van der Waals surface area contributed by atoms with Crippen molar-refractivity contribution in [3.63, 3.8) is 0 Å². The van der Waals surface area contributed by atoms with Gasteiger partial charge in [0.2, 0.25) is 5.95 Å². The van der Waals surface area contributed by atoms with Crippen molar-refractivity contribution in [3.8, 4) is 17.0 Å². The van der Waals surface area contributed by atoms with Crippen molar-refractivity contribution >= 4 is 5.95 Å². The predicted molar refractivity (Wildman–Crippen MR) is 64.8 cm³/mol. The van der Waals surface area contributed by atoms with Gasteiger partial charge in [-0.3, -0.25) is 0 Å². The molecule has 1 aromatic heterocycles. The summed E-state index contributed by atoms with van der Waals surface area (Å²) in [7, 11) is 3.22. The molecule has 1 heterocycles. The van der Waals surface area contributed by atoms with Gasteiger partial charge < -0.3 is 15.0 Å². The van der Waals surface area contributed by atoms with Crippen LogP contribution in [0.1, 0.15) is 5.69 Å². The Labute approximate surface area is 98.8 Å². The number of hydrogen-bond acceptors (Lipinski definition) is 3. The third kappa shape index (κ3) is 2.08. The average molecular weight is 235 g/mol. The van der Waals surface area contributed by atoms with Crippen LogP contribution in [-0.2, 0) is 0 Å². The molecular weight excluding hydrogens is 221 g/mol. The summed E-state index contributed by atoms with van der Waals surface area (Å²) in [5.41, 5.74) is 2.34. The van der Waals surface area contributed by atoms with Gasteiger partial charge in [0.25, 0.3) is 0 Å². The fourth-order valence-electron chi connectivity index (χ4n) is 1.67. The summed E-state index contributed by atoms with van der Waals surface area (Å²) in [6, 6.07) is 4.80. The van der Waals surface area contributed by atoms with Crippen LogP contribution in [0.5, 0.6) is 5.75 Å². The zero-order chi connectivity index (χ0) is 12.4. The van der Waals surface area contributed by atoms with Crippen LogP contribution >= 0.6 is 0 Å². The lowest BCUT2D eigenvalue weighted by molar-refractivity contribution is 0.386. The molecule has 0 atom stereocenters. The molecule has 2 N–H and O–H groups in total. The number of halogens is 1. The van der Waals surface area contributed by atoms with E-state index in [1.165, 1.54) is 13.2 Å². The quantitative estimate of drug-likeness (QED) is 0.859. The van der Waals surface area contributed by atoms with Gasteiger partial charge in [-0.25, -0.2) is 9.37 Å². The van der Waals surface area contributed by atoms with Crippen LogP contribution in [0.2, 0.25) is 0 Å². The van der Waals surface area contributed by atoms with Crippen LogP contribution in [0.3, 0.4) is 0 Å². The second-order valence-electron chi connectivity index (χ2n) is 3.66. The van der Waals surface area contributed by atoms with E-state index in [1.54, 1.807) is 19.2 Å². The van der Waals surface area contributed by atoms with E-state index in [9.17, 15) is 4.39 Å². The van der Waals surface area contributed by atoms with Crippen LogP contribution in [-0.4, -0.2) is 24.1 Å². The first-order chi connectivity index (χ1) is 8.15. The Morgan fingerprint density at radius 3 is 2.71 bits per heavy atom. The lowest BCUT2D eigenvalue weighted by Crippen LogP contribution is -1.90. The Kier molecular flexibility index (Phi) is 2.99. The largest absolute Gasteiger partial charge is 0.494 e. The van der Waals surface area contributed by atoms with Gasteiger partial charge in [-0.2, -0.15) is 0 Å². The van der Waals surface area contributed by atoms with Gasteiger partial charge in [0, 0.05) is 18.3 Å². The number of benzene rings is 1. The number of H-pyrrole nitrogens is 1. The highest BCUT2D eigenvalue weighted by atomic mass is 19.1. The zero-order valence-corrected chi connectivity index (χ0v) is 9.97. The Hall–Kier alpha value is -2.04. The van der Waals surface area contributed by atoms with E-state index in [4.69, 9.17) is 4.74 Å².